The normalized spacial score (nSPS) is 12.3. The monoisotopic (exact) mass is 128 g/mol. The third-order valence-corrected chi connectivity index (χ3v) is 1.20. The van der Waals surface area contributed by atoms with Crippen LogP contribution in [0.2, 0.25) is 0 Å². The maximum absolute atomic E-state index is 10.6. The molecule has 0 saturated heterocycles. The molecule has 0 aromatic rings. The molecule has 1 amide bonds. The second-order valence-corrected chi connectivity index (χ2v) is 1.89. The van der Waals surface area contributed by atoms with Gasteiger partial charge in [-0.25, -0.2) is 0 Å². The lowest BCUT2D eigenvalue weighted by Crippen LogP contribution is -2.24. The summed E-state index contributed by atoms with van der Waals surface area (Å²) >= 11 is 0. The second kappa shape index (κ2) is 3.22. The third-order valence-electron chi connectivity index (χ3n) is 1.20. The second-order valence-electron chi connectivity index (χ2n) is 1.89. The molecule has 0 spiro atoms. The summed E-state index contributed by atoms with van der Waals surface area (Å²) in [6, 6.07) is 0. The summed E-state index contributed by atoms with van der Waals surface area (Å²) in [6.07, 6.45) is 0. The first kappa shape index (κ1) is 8.14. The number of hydrogen-bond acceptors (Lipinski definition) is 2. The van der Waals surface area contributed by atoms with Crippen LogP contribution in [0, 0.1) is 5.92 Å². The van der Waals surface area contributed by atoms with Crippen molar-refractivity contribution >= 4 is 11.7 Å². The molecular weight excluding hydrogens is 118 g/mol. The predicted octanol–water partition coefficient (Wildman–Crippen LogP) is -0.0277. The Hall–Kier alpha value is -0.860. The SMILES string of the molecule is C[N]C(=O)C(C)C(C)=O. The van der Waals surface area contributed by atoms with E-state index in [1.54, 1.807) is 6.92 Å². The van der Waals surface area contributed by atoms with Gasteiger partial charge >= 0.3 is 0 Å². The molecule has 0 N–H and O–H groups in total. The van der Waals surface area contributed by atoms with Gasteiger partial charge in [-0.2, -0.15) is 0 Å². The highest BCUT2D eigenvalue weighted by Gasteiger charge is 2.15. The van der Waals surface area contributed by atoms with Crippen LogP contribution in [-0.2, 0) is 9.59 Å². The first-order valence-electron chi connectivity index (χ1n) is 2.73. The molecule has 0 aromatic heterocycles. The lowest BCUT2D eigenvalue weighted by Gasteiger charge is -2.00. The van der Waals surface area contributed by atoms with Gasteiger partial charge in [-0.05, 0) is 13.8 Å². The van der Waals surface area contributed by atoms with Crippen molar-refractivity contribution in [2.24, 2.45) is 5.92 Å². The number of Topliss-reactive ketones (excluding diaryl/α,β-unsaturated/α-hetero) is 1. The number of carbonyl (C=O) groups excluding carboxylic acids is 2. The average molecular weight is 128 g/mol. The standard InChI is InChI=1S/C6H10NO2/c1-4(5(2)8)6(9)7-3/h4H,1-3H3. The van der Waals surface area contributed by atoms with E-state index in [0.717, 1.165) is 0 Å². The summed E-state index contributed by atoms with van der Waals surface area (Å²) in [4.78, 5) is 21.0. The van der Waals surface area contributed by atoms with Gasteiger partial charge in [0.2, 0.25) is 0 Å². The highest BCUT2D eigenvalue weighted by molar-refractivity contribution is 5.99. The van der Waals surface area contributed by atoms with Crippen molar-refractivity contribution in [1.82, 2.24) is 5.32 Å². The van der Waals surface area contributed by atoms with Crippen LogP contribution in [0.15, 0.2) is 0 Å². The Bertz CT molecular complexity index is 131. The largest absolute Gasteiger partial charge is 0.299 e. The van der Waals surface area contributed by atoms with Gasteiger partial charge in [-0.1, -0.05) is 0 Å². The number of amides is 1. The smallest absolute Gasteiger partial charge is 0.251 e. The lowest BCUT2D eigenvalue weighted by atomic mass is 10.1. The average Bonchev–Trinajstić information content (AvgIpc) is 1.84. The number of rotatable bonds is 2. The Labute approximate surface area is 54.4 Å². The van der Waals surface area contributed by atoms with E-state index in [1.807, 2.05) is 0 Å². The Morgan fingerprint density at radius 3 is 2.00 bits per heavy atom. The summed E-state index contributed by atoms with van der Waals surface area (Å²) < 4.78 is 0. The molecule has 0 aromatic carbocycles. The van der Waals surface area contributed by atoms with Gasteiger partial charge < -0.3 is 0 Å². The van der Waals surface area contributed by atoms with Crippen LogP contribution < -0.4 is 5.32 Å². The van der Waals surface area contributed by atoms with E-state index in [2.05, 4.69) is 5.32 Å². The van der Waals surface area contributed by atoms with Gasteiger partial charge in [0.1, 0.15) is 5.78 Å². The molecule has 0 rings (SSSR count). The zero-order chi connectivity index (χ0) is 7.44. The van der Waals surface area contributed by atoms with E-state index in [9.17, 15) is 9.59 Å². The van der Waals surface area contributed by atoms with Gasteiger partial charge in [0, 0.05) is 7.05 Å². The van der Waals surface area contributed by atoms with Crippen LogP contribution in [0.3, 0.4) is 0 Å². The molecule has 0 bridgehead atoms. The van der Waals surface area contributed by atoms with Crippen molar-refractivity contribution in [3.05, 3.63) is 0 Å². The molecule has 0 aliphatic rings. The summed E-state index contributed by atoms with van der Waals surface area (Å²) in [5.74, 6) is -1.04. The molecule has 0 fully saturated rings. The molecule has 1 unspecified atom stereocenters. The minimum atomic E-state index is -0.560. The molecule has 0 heterocycles. The molecule has 1 atom stereocenters. The Morgan fingerprint density at radius 2 is 1.89 bits per heavy atom. The number of nitrogens with zero attached hydrogens (tertiary/aromatic N) is 1. The van der Waals surface area contributed by atoms with Crippen molar-refractivity contribution in [1.29, 1.82) is 0 Å². The summed E-state index contributed by atoms with van der Waals surface area (Å²) in [7, 11) is 1.39. The molecule has 51 valence electrons. The molecule has 0 aliphatic carbocycles. The first-order chi connectivity index (χ1) is 4.09. The first-order valence-corrected chi connectivity index (χ1v) is 2.73. The molecule has 1 radical (unpaired) electrons. The van der Waals surface area contributed by atoms with E-state index >= 15 is 0 Å². The van der Waals surface area contributed by atoms with Crippen LogP contribution in [0.4, 0.5) is 0 Å². The van der Waals surface area contributed by atoms with E-state index in [-0.39, 0.29) is 11.7 Å². The predicted molar refractivity (Wildman–Crippen MR) is 32.9 cm³/mol. The Balaban J connectivity index is 3.88. The summed E-state index contributed by atoms with van der Waals surface area (Å²) in [6.45, 7) is 2.94. The van der Waals surface area contributed by atoms with Gasteiger partial charge in [0.15, 0.2) is 0 Å². The van der Waals surface area contributed by atoms with Crippen molar-refractivity contribution in [2.75, 3.05) is 7.05 Å². The van der Waals surface area contributed by atoms with Gasteiger partial charge in [-0.15, -0.1) is 0 Å². The number of hydrogen-bond donors (Lipinski definition) is 0. The fourth-order valence-electron chi connectivity index (χ4n) is 0.368. The number of carbonyl (C=O) groups is 2. The molecule has 3 heteroatoms. The van der Waals surface area contributed by atoms with Crippen LogP contribution >= 0.6 is 0 Å². The van der Waals surface area contributed by atoms with Gasteiger partial charge in [0.05, 0.1) is 5.92 Å². The van der Waals surface area contributed by atoms with Crippen LogP contribution in [0.25, 0.3) is 0 Å². The van der Waals surface area contributed by atoms with E-state index < -0.39 is 5.92 Å². The Kier molecular flexibility index (Phi) is 2.91. The van der Waals surface area contributed by atoms with E-state index in [1.165, 1.54) is 14.0 Å². The van der Waals surface area contributed by atoms with Gasteiger partial charge in [-0.3, -0.25) is 14.9 Å². The molecule has 0 saturated carbocycles. The third kappa shape index (κ3) is 2.26. The van der Waals surface area contributed by atoms with Gasteiger partial charge in [0.25, 0.3) is 5.91 Å². The van der Waals surface area contributed by atoms with Crippen LogP contribution in [0.1, 0.15) is 13.8 Å². The fourth-order valence-corrected chi connectivity index (χ4v) is 0.368. The Morgan fingerprint density at radius 1 is 1.44 bits per heavy atom. The molecule has 3 nitrogen and oxygen atoms in total. The number of ketones is 1. The topological polar surface area (TPSA) is 48.2 Å². The lowest BCUT2D eigenvalue weighted by molar-refractivity contribution is -0.132. The quantitative estimate of drug-likeness (QED) is 0.490. The highest BCUT2D eigenvalue weighted by atomic mass is 16.2. The van der Waals surface area contributed by atoms with Crippen molar-refractivity contribution in [3.8, 4) is 0 Å². The van der Waals surface area contributed by atoms with Crippen molar-refractivity contribution in [2.45, 2.75) is 13.8 Å². The van der Waals surface area contributed by atoms with E-state index in [0.29, 0.717) is 0 Å². The summed E-state index contributed by atoms with van der Waals surface area (Å²) in [5.41, 5.74) is 0. The maximum atomic E-state index is 10.6. The zero-order valence-corrected chi connectivity index (χ0v) is 5.84. The van der Waals surface area contributed by atoms with E-state index in [4.69, 9.17) is 0 Å². The summed E-state index contributed by atoms with van der Waals surface area (Å²) in [5, 5.41) is 3.35. The van der Waals surface area contributed by atoms with Crippen molar-refractivity contribution in [3.63, 3.8) is 0 Å². The maximum Gasteiger partial charge on any atom is 0.251 e. The molecular formula is C6H10NO2. The minimum Gasteiger partial charge on any atom is -0.299 e. The molecule has 0 aliphatic heterocycles. The van der Waals surface area contributed by atoms with Crippen molar-refractivity contribution < 1.29 is 9.59 Å². The zero-order valence-electron chi connectivity index (χ0n) is 5.84. The fraction of sp³-hybridized carbons (Fsp3) is 0.667. The minimum absolute atomic E-state index is 0.134. The highest BCUT2D eigenvalue weighted by Crippen LogP contribution is 1.94. The van der Waals surface area contributed by atoms with Crippen LogP contribution in [-0.4, -0.2) is 18.7 Å². The molecule has 9 heavy (non-hydrogen) atoms. The van der Waals surface area contributed by atoms with Crippen LogP contribution in [0.5, 0.6) is 0 Å².